The molecule has 7 aromatic carbocycles. The van der Waals surface area contributed by atoms with Gasteiger partial charge >= 0.3 is 12.0 Å². The van der Waals surface area contributed by atoms with E-state index in [4.69, 9.17) is 117 Å². The van der Waals surface area contributed by atoms with Crippen LogP contribution in [0.4, 0.5) is 0 Å². The summed E-state index contributed by atoms with van der Waals surface area (Å²) in [5, 5.41) is 11.5. The molecule has 0 nitrogen and oxygen atoms in total. The minimum atomic E-state index is -3.74. The Labute approximate surface area is 312 Å². The minimum Gasteiger partial charge on any atom is -0.142 e. The molecule has 0 radical (unpaired) electrons. The lowest BCUT2D eigenvalue weighted by molar-refractivity contribution is 1.30. The first-order valence-corrected chi connectivity index (χ1v) is 26.0. The van der Waals surface area contributed by atoms with Crippen molar-refractivity contribution in [2.45, 2.75) is 19.6 Å². The number of thiol groups is 4. The third-order valence-electron chi connectivity index (χ3n) is 7.47. The highest BCUT2D eigenvalue weighted by atomic mass is 79.9. The van der Waals surface area contributed by atoms with Gasteiger partial charge in [0.05, 0.1) is 0 Å². The van der Waals surface area contributed by atoms with Crippen LogP contribution in [0.1, 0.15) is 0 Å². The van der Waals surface area contributed by atoms with Gasteiger partial charge in [0.2, 0.25) is 0 Å². The molecule has 0 saturated carbocycles. The molecule has 0 unspecified atom stereocenters. The van der Waals surface area contributed by atoms with E-state index in [-0.39, 0.29) is 0 Å². The van der Waals surface area contributed by atoms with Gasteiger partial charge in [-0.1, -0.05) is 12.1 Å². The number of hydrogen-bond acceptors (Lipinski definition) is 4. The fourth-order valence-corrected chi connectivity index (χ4v) is 18.2. The van der Waals surface area contributed by atoms with Crippen LogP contribution in [-0.4, -0.2) is 12.0 Å². The predicted octanol–water partition coefficient (Wildman–Crippen LogP) is 12.8. The highest BCUT2D eigenvalue weighted by Crippen LogP contribution is 2.58. The number of halogens is 10. The molecule has 0 saturated heterocycles. The second-order valence-corrected chi connectivity index (χ2v) is 30.9. The number of hydrogen-bond donors (Lipinski definition) is 4. The highest BCUT2D eigenvalue weighted by Gasteiger charge is 2.45. The van der Waals surface area contributed by atoms with Crippen molar-refractivity contribution in [3.63, 3.8) is 0 Å². The molecule has 0 bridgehead atoms. The summed E-state index contributed by atoms with van der Waals surface area (Å²) in [6.45, 7) is 0. The van der Waals surface area contributed by atoms with Crippen molar-refractivity contribution >= 4 is 268 Å². The Morgan fingerprint density at radius 3 is 1.38 bits per heavy atom. The van der Waals surface area contributed by atoms with Crippen LogP contribution in [-0.2, 0) is 0 Å². The summed E-state index contributed by atoms with van der Waals surface area (Å²) >= 11 is 76.7. The van der Waals surface area contributed by atoms with Gasteiger partial charge in [0.25, 0.3) is 0 Å². The van der Waals surface area contributed by atoms with E-state index in [9.17, 15) is 0 Å². The quantitative estimate of drug-likeness (QED) is 0.0429. The van der Waals surface area contributed by atoms with Crippen molar-refractivity contribution in [1.82, 2.24) is 0 Å². The van der Waals surface area contributed by atoms with Gasteiger partial charge in [0, 0.05) is 69.8 Å². The summed E-state index contributed by atoms with van der Waals surface area (Å²) in [5.41, 5.74) is 0. The summed E-state index contributed by atoms with van der Waals surface area (Å²) in [5.74, 6) is 0. The molecule has 7 rings (SSSR count). The molecule has 0 amide bonds. The SMILES string of the molecule is Sc1c(S)c2c(S)c(S)c3c([Si](Cl)(Cl)Cl)c([Si](Cl)(Cl)Cl)c4c(Br)c(Br)c5c(Br)c(Br)c6ccc1c1c6c5c4c3c21. The van der Waals surface area contributed by atoms with E-state index >= 15 is 0 Å². The highest BCUT2D eigenvalue weighted by molar-refractivity contribution is 9.14. The fraction of sp³-hybridized carbons (Fsp3) is 0. The van der Waals surface area contributed by atoms with Crippen molar-refractivity contribution in [3.8, 4) is 0 Å². The Hall–Kier alpha value is 2.37. The van der Waals surface area contributed by atoms with Gasteiger partial charge < -0.3 is 0 Å². The zero-order valence-corrected chi connectivity index (χ0v) is 35.2. The summed E-state index contributed by atoms with van der Waals surface area (Å²) < 4.78 is 3.25. The lowest BCUT2D eigenvalue weighted by atomic mass is 9.82. The van der Waals surface area contributed by atoms with E-state index in [0.717, 1.165) is 72.2 Å². The second kappa shape index (κ2) is 9.94. The van der Waals surface area contributed by atoms with Crippen molar-refractivity contribution in [2.24, 2.45) is 0 Å². The third kappa shape index (κ3) is 3.86. The second-order valence-electron chi connectivity index (χ2n) is 9.31. The van der Waals surface area contributed by atoms with Gasteiger partial charge in [-0.25, -0.2) is 0 Å². The molecule has 0 aromatic heterocycles. The van der Waals surface area contributed by atoms with Crippen LogP contribution in [0.3, 0.4) is 0 Å². The van der Waals surface area contributed by atoms with Crippen LogP contribution in [0.15, 0.2) is 49.6 Å². The summed E-state index contributed by atoms with van der Waals surface area (Å²) in [6.07, 6.45) is 0. The van der Waals surface area contributed by atoms with Gasteiger partial charge in [-0.3, -0.25) is 0 Å². The third-order valence-corrected chi connectivity index (χ3v) is 19.7. The minimum absolute atomic E-state index is 0.413. The topological polar surface area (TPSA) is 0 Å². The van der Waals surface area contributed by atoms with E-state index in [1.807, 2.05) is 0 Å². The lowest BCUT2D eigenvalue weighted by Gasteiger charge is -2.31. The summed E-state index contributed by atoms with van der Waals surface area (Å²) in [7, 11) is 0. The van der Waals surface area contributed by atoms with E-state index in [2.05, 4.69) is 75.9 Å². The molecule has 16 heteroatoms. The maximum atomic E-state index is 6.90. The van der Waals surface area contributed by atoms with Crippen LogP contribution < -0.4 is 10.4 Å². The molecule has 40 heavy (non-hydrogen) atoms. The first-order valence-electron chi connectivity index (χ1n) is 10.9. The Morgan fingerprint density at radius 1 is 0.400 bits per heavy atom. The normalized spacial score (nSPS) is 13.8. The van der Waals surface area contributed by atoms with E-state index in [1.54, 1.807) is 0 Å². The maximum absolute atomic E-state index is 6.90. The molecule has 0 aliphatic carbocycles. The lowest BCUT2D eigenvalue weighted by Crippen LogP contribution is -2.51. The molecule has 204 valence electrons. The Bertz CT molecular complexity index is 2130. The zero-order valence-electron chi connectivity index (χ0n) is 18.7. The zero-order chi connectivity index (χ0) is 29.1. The molecule has 0 aliphatic heterocycles. The molecular weight excluding hydrogens is 1010 g/mol. The molecule has 0 N–H and O–H groups in total. The fourth-order valence-electron chi connectivity index (χ4n) is 6.12. The Balaban J connectivity index is 2.10. The number of benzene rings is 7. The monoisotopic (exact) mass is 1000 g/mol. The molecule has 0 atom stereocenters. The first kappa shape index (κ1) is 31.0. The molecule has 0 spiro atoms. The van der Waals surface area contributed by atoms with Crippen LogP contribution in [0, 0.1) is 0 Å². The van der Waals surface area contributed by atoms with Crippen LogP contribution in [0.2, 0.25) is 0 Å². The molecule has 0 fully saturated rings. The average molecular weight is 1010 g/mol. The predicted molar refractivity (Wildman–Crippen MR) is 211 cm³/mol. The molecule has 0 heterocycles. The Morgan fingerprint density at radius 2 is 0.775 bits per heavy atom. The van der Waals surface area contributed by atoms with E-state index in [0.29, 0.717) is 40.3 Å². The van der Waals surface area contributed by atoms with Gasteiger partial charge in [0.1, 0.15) is 0 Å². The largest absolute Gasteiger partial charge is 0.373 e. The van der Waals surface area contributed by atoms with Crippen molar-refractivity contribution in [1.29, 1.82) is 0 Å². The van der Waals surface area contributed by atoms with E-state index in [1.165, 1.54) is 0 Å². The van der Waals surface area contributed by atoms with Crippen molar-refractivity contribution in [2.75, 3.05) is 0 Å². The van der Waals surface area contributed by atoms with Gasteiger partial charge in [0.15, 0.2) is 0 Å². The smallest absolute Gasteiger partial charge is 0.142 e. The van der Waals surface area contributed by atoms with Crippen LogP contribution >= 0.6 is 181 Å². The van der Waals surface area contributed by atoms with Gasteiger partial charge in [-0.15, -0.1) is 117 Å². The van der Waals surface area contributed by atoms with Crippen LogP contribution in [0.25, 0.3) is 64.6 Å². The molecular formula is C24H6Br4Cl6S4Si2. The molecule has 0 aliphatic rings. The Kier molecular flexibility index (Phi) is 7.70. The standard InChI is InChI=1S/C24H6Br4Cl6S4Si2/c25-15-3-1-2-4-6-5(3)7-9-10-8(6)13(20(36)19(4)35)21(37)22(38)14(10)24(40(32,33)34)23(39(29,30)31)12(9)18(28)17(27)11(7)16(15)26/h1-2,35-38H. The summed E-state index contributed by atoms with van der Waals surface area (Å²) in [6, 6.07) is -3.34. The van der Waals surface area contributed by atoms with E-state index < -0.39 is 12.0 Å². The van der Waals surface area contributed by atoms with Gasteiger partial charge in [-0.2, -0.15) is 0 Å². The molecule has 7 aromatic rings. The van der Waals surface area contributed by atoms with Crippen molar-refractivity contribution < 1.29 is 0 Å². The average Bonchev–Trinajstić information content (AvgIpc) is 2.86. The summed E-state index contributed by atoms with van der Waals surface area (Å²) in [4.78, 5) is 2.52. The van der Waals surface area contributed by atoms with Crippen LogP contribution in [0.5, 0.6) is 0 Å². The maximum Gasteiger partial charge on any atom is 0.373 e. The number of rotatable bonds is 2. The first-order chi connectivity index (χ1) is 18.5. The van der Waals surface area contributed by atoms with Gasteiger partial charge in [-0.05, 0) is 106 Å². The van der Waals surface area contributed by atoms with Crippen molar-refractivity contribution in [3.05, 3.63) is 30.0 Å².